The van der Waals surface area contributed by atoms with Crippen molar-refractivity contribution in [3.63, 3.8) is 0 Å². The summed E-state index contributed by atoms with van der Waals surface area (Å²) < 4.78 is 5.64. The fourth-order valence-electron chi connectivity index (χ4n) is 2.47. The number of aromatic nitrogens is 1. The van der Waals surface area contributed by atoms with Gasteiger partial charge >= 0.3 is 0 Å². The largest absolute Gasteiger partial charge is 0.360 e. The molecule has 0 radical (unpaired) electrons. The predicted octanol–water partition coefficient (Wildman–Crippen LogP) is 6.75. The van der Waals surface area contributed by atoms with Gasteiger partial charge in [-0.15, -0.1) is 0 Å². The van der Waals surface area contributed by atoms with Crippen LogP contribution in [-0.2, 0) is 6.42 Å². The van der Waals surface area contributed by atoms with Gasteiger partial charge in [-0.1, -0.05) is 75.5 Å². The second-order valence-electron chi connectivity index (χ2n) is 6.82. The molecule has 0 unspecified atom stereocenters. The molecule has 0 aliphatic rings. The monoisotopic (exact) mass is 339 g/mol. The van der Waals surface area contributed by atoms with Gasteiger partial charge in [-0.3, -0.25) is 0 Å². The molecule has 0 bridgehead atoms. The van der Waals surface area contributed by atoms with Gasteiger partial charge < -0.3 is 4.52 Å². The lowest BCUT2D eigenvalue weighted by atomic mass is 9.81. The van der Waals surface area contributed by atoms with E-state index in [1.54, 1.807) is 0 Å². The van der Waals surface area contributed by atoms with Gasteiger partial charge in [0.1, 0.15) is 11.5 Å². The normalized spacial score (nSPS) is 12.2. The van der Waals surface area contributed by atoms with E-state index in [1.165, 1.54) is 0 Å². The van der Waals surface area contributed by atoms with E-state index in [4.69, 9.17) is 27.7 Å². The van der Waals surface area contributed by atoms with Gasteiger partial charge in [0, 0.05) is 17.0 Å². The van der Waals surface area contributed by atoms with Crippen molar-refractivity contribution in [1.82, 2.24) is 5.16 Å². The third-order valence-electron chi connectivity index (χ3n) is 4.15. The maximum atomic E-state index is 6.36. The summed E-state index contributed by atoms with van der Waals surface area (Å²) in [5, 5.41) is 5.51. The second kappa shape index (κ2) is 6.64. The van der Waals surface area contributed by atoms with E-state index < -0.39 is 0 Å². The van der Waals surface area contributed by atoms with E-state index in [-0.39, 0.29) is 11.3 Å². The third kappa shape index (κ3) is 3.49. The Hall–Kier alpha value is -0.990. The van der Waals surface area contributed by atoms with Gasteiger partial charge in [0.2, 0.25) is 0 Å². The average molecular weight is 340 g/mol. The molecule has 0 N–H and O–H groups in total. The molecule has 0 fully saturated rings. The van der Waals surface area contributed by atoms with Gasteiger partial charge in [0.25, 0.3) is 0 Å². The lowest BCUT2D eigenvalue weighted by Gasteiger charge is -2.23. The fourth-order valence-corrected chi connectivity index (χ4v) is 3.05. The molecule has 0 saturated heterocycles. The quantitative estimate of drug-likeness (QED) is 0.601. The molecule has 0 saturated carbocycles. The first-order chi connectivity index (χ1) is 10.3. The zero-order valence-corrected chi connectivity index (χ0v) is 15.3. The van der Waals surface area contributed by atoms with Crippen LogP contribution in [0.25, 0.3) is 11.3 Å². The van der Waals surface area contributed by atoms with Gasteiger partial charge in [-0.2, -0.15) is 0 Å². The molecule has 1 aromatic carbocycles. The van der Waals surface area contributed by atoms with E-state index in [0.29, 0.717) is 10.0 Å². The number of benzene rings is 1. The summed E-state index contributed by atoms with van der Waals surface area (Å²) in [6.07, 6.45) is 1.96. The maximum Gasteiger partial charge on any atom is 0.143 e. The van der Waals surface area contributed by atoms with Crippen molar-refractivity contribution in [1.29, 1.82) is 0 Å². The first-order valence-corrected chi connectivity index (χ1v) is 8.45. The molecule has 0 aliphatic carbocycles. The van der Waals surface area contributed by atoms with Crippen LogP contribution in [0.2, 0.25) is 10.0 Å². The second-order valence-corrected chi connectivity index (χ2v) is 7.63. The maximum absolute atomic E-state index is 6.36. The summed E-state index contributed by atoms with van der Waals surface area (Å²) >= 11 is 12.7. The molecule has 4 heteroatoms. The highest BCUT2D eigenvalue weighted by atomic mass is 35.5. The summed E-state index contributed by atoms with van der Waals surface area (Å²) in [7, 11) is 0. The topological polar surface area (TPSA) is 26.0 Å². The van der Waals surface area contributed by atoms with Gasteiger partial charge in [0.15, 0.2) is 0 Å². The lowest BCUT2D eigenvalue weighted by molar-refractivity contribution is 0.337. The van der Waals surface area contributed by atoms with Crippen molar-refractivity contribution in [2.24, 2.45) is 5.41 Å². The molecule has 0 atom stereocenters. The molecular formula is C18H23Cl2NO. The van der Waals surface area contributed by atoms with Crippen molar-refractivity contribution in [3.8, 4) is 11.3 Å². The smallest absolute Gasteiger partial charge is 0.143 e. The van der Waals surface area contributed by atoms with Gasteiger partial charge in [-0.05, 0) is 24.0 Å². The van der Waals surface area contributed by atoms with E-state index in [9.17, 15) is 0 Å². The van der Waals surface area contributed by atoms with Crippen LogP contribution in [-0.4, -0.2) is 5.16 Å². The van der Waals surface area contributed by atoms with Crippen LogP contribution in [0.15, 0.2) is 22.7 Å². The lowest BCUT2D eigenvalue weighted by Crippen LogP contribution is -2.15. The first-order valence-electron chi connectivity index (χ1n) is 7.69. The zero-order valence-electron chi connectivity index (χ0n) is 13.8. The molecule has 22 heavy (non-hydrogen) atoms. The Labute approximate surface area is 142 Å². The molecule has 0 spiro atoms. The van der Waals surface area contributed by atoms with Crippen molar-refractivity contribution >= 4 is 23.2 Å². The highest BCUT2D eigenvalue weighted by Gasteiger charge is 2.27. The van der Waals surface area contributed by atoms with Crippen molar-refractivity contribution < 1.29 is 4.52 Å². The Morgan fingerprint density at radius 1 is 1.18 bits per heavy atom. The van der Waals surface area contributed by atoms with E-state index in [1.807, 2.05) is 18.2 Å². The summed E-state index contributed by atoms with van der Waals surface area (Å²) in [4.78, 5) is 0. The van der Waals surface area contributed by atoms with Crippen molar-refractivity contribution in [2.75, 3.05) is 0 Å². The Balaban J connectivity index is 2.62. The summed E-state index contributed by atoms with van der Waals surface area (Å²) in [6, 6.07) is 5.51. The van der Waals surface area contributed by atoms with Gasteiger partial charge in [0.05, 0.1) is 10.0 Å². The van der Waals surface area contributed by atoms with Crippen molar-refractivity contribution in [3.05, 3.63) is 39.6 Å². The van der Waals surface area contributed by atoms with Crippen LogP contribution < -0.4 is 0 Å². The average Bonchev–Trinajstić information content (AvgIpc) is 2.82. The Kier molecular flexibility index (Phi) is 5.24. The molecule has 1 aromatic heterocycles. The predicted molar refractivity (Wildman–Crippen MR) is 93.8 cm³/mol. The number of halogens is 2. The van der Waals surface area contributed by atoms with Crippen LogP contribution >= 0.6 is 23.2 Å². The number of hydrogen-bond donors (Lipinski definition) is 0. The Morgan fingerprint density at radius 3 is 2.27 bits per heavy atom. The molecule has 2 nitrogen and oxygen atoms in total. The minimum atomic E-state index is 0.164. The molecule has 0 aliphatic heterocycles. The number of nitrogens with zero attached hydrogens (tertiary/aromatic N) is 1. The molecular weight excluding hydrogens is 317 g/mol. The standard InChI is InChI=1S/C18H23Cl2NO/c1-6-18(4,5)10-12-16(21-22-17(12)11(2)3)15-13(19)8-7-9-14(15)20/h7-9,11H,6,10H2,1-5H3. The fraction of sp³-hybridized carbons (Fsp3) is 0.500. The van der Waals surface area contributed by atoms with E-state index >= 15 is 0 Å². The van der Waals surface area contributed by atoms with Crippen LogP contribution in [0.4, 0.5) is 0 Å². The minimum absolute atomic E-state index is 0.164. The van der Waals surface area contributed by atoms with Crippen LogP contribution in [0.1, 0.15) is 58.3 Å². The molecule has 2 aromatic rings. The zero-order chi connectivity index (χ0) is 16.5. The summed E-state index contributed by atoms with van der Waals surface area (Å²) in [5.41, 5.74) is 2.83. The Morgan fingerprint density at radius 2 is 1.77 bits per heavy atom. The SMILES string of the molecule is CCC(C)(C)Cc1c(-c2c(Cl)cccc2Cl)noc1C(C)C. The Bertz CT molecular complexity index is 639. The summed E-state index contributed by atoms with van der Waals surface area (Å²) in [6.45, 7) is 10.9. The van der Waals surface area contributed by atoms with E-state index in [0.717, 1.165) is 35.4 Å². The number of rotatable bonds is 5. The van der Waals surface area contributed by atoms with Crippen LogP contribution in [0.3, 0.4) is 0 Å². The molecule has 0 amide bonds. The van der Waals surface area contributed by atoms with E-state index in [2.05, 4.69) is 39.8 Å². The number of hydrogen-bond acceptors (Lipinski definition) is 2. The van der Waals surface area contributed by atoms with Crippen LogP contribution in [0, 0.1) is 5.41 Å². The highest BCUT2D eigenvalue weighted by Crippen LogP contribution is 2.41. The third-order valence-corrected chi connectivity index (χ3v) is 4.78. The summed E-state index contributed by atoms with van der Waals surface area (Å²) in [5.74, 6) is 1.19. The molecule has 120 valence electrons. The molecule has 1 heterocycles. The highest BCUT2D eigenvalue weighted by molar-refractivity contribution is 6.39. The molecule has 2 rings (SSSR count). The van der Waals surface area contributed by atoms with Crippen molar-refractivity contribution in [2.45, 2.75) is 53.4 Å². The minimum Gasteiger partial charge on any atom is -0.360 e. The first kappa shape index (κ1) is 17.4. The van der Waals surface area contributed by atoms with Gasteiger partial charge in [-0.25, -0.2) is 0 Å². The van der Waals surface area contributed by atoms with Crippen LogP contribution in [0.5, 0.6) is 0 Å².